The molecular weight excluding hydrogens is 456 g/mol. The van der Waals surface area contributed by atoms with Gasteiger partial charge in [-0.2, -0.15) is 26.3 Å². The fraction of sp³-hybridized carbons (Fsp3) is 0.333. The van der Waals surface area contributed by atoms with Crippen molar-refractivity contribution in [3.8, 4) is 0 Å². The molecule has 180 valence electrons. The van der Waals surface area contributed by atoms with Crippen molar-refractivity contribution >= 4 is 23.4 Å². The first-order valence-corrected chi connectivity index (χ1v) is 9.68. The molecule has 3 rings (SSSR count). The topological polar surface area (TPSA) is 90.5 Å². The Bertz CT molecular complexity index is 941. The van der Waals surface area contributed by atoms with E-state index in [1.54, 1.807) is 24.3 Å². The lowest BCUT2D eigenvalue weighted by atomic mass is 10.1. The molecule has 1 saturated carbocycles. The molecule has 0 saturated heterocycles. The first-order valence-electron chi connectivity index (χ1n) is 9.68. The Labute approximate surface area is 185 Å². The molecule has 1 aliphatic carbocycles. The monoisotopic (exact) mass is 477 g/mol. The van der Waals surface area contributed by atoms with E-state index in [9.17, 15) is 35.9 Å². The third kappa shape index (κ3) is 10.1. The molecule has 2 amide bonds. The van der Waals surface area contributed by atoms with Crippen LogP contribution in [0.1, 0.15) is 30.4 Å². The molecule has 0 aromatic heterocycles. The summed E-state index contributed by atoms with van der Waals surface area (Å²) in [6.07, 6.45) is -9.69. The fourth-order valence-corrected chi connectivity index (χ4v) is 2.57. The number of anilines is 2. The number of carboxylic acid groups (broad SMARTS) is 1. The number of hydrogen-bond donors (Lipinski definition) is 4. The van der Waals surface area contributed by atoms with Crippen LogP contribution >= 0.6 is 0 Å². The van der Waals surface area contributed by atoms with Crippen LogP contribution in [-0.2, 0) is 17.5 Å². The number of halogens is 6. The maximum absolute atomic E-state index is 12.9. The molecule has 12 heteroatoms. The molecule has 33 heavy (non-hydrogen) atoms. The zero-order chi connectivity index (χ0) is 24.6. The van der Waals surface area contributed by atoms with Gasteiger partial charge < -0.3 is 21.1 Å². The highest BCUT2D eigenvalue weighted by molar-refractivity contribution is 5.77. The highest BCUT2D eigenvalue weighted by Gasteiger charge is 2.34. The molecule has 0 spiro atoms. The van der Waals surface area contributed by atoms with Crippen LogP contribution in [0.2, 0.25) is 0 Å². The first-order chi connectivity index (χ1) is 15.3. The van der Waals surface area contributed by atoms with Crippen LogP contribution in [0.4, 0.5) is 42.5 Å². The summed E-state index contributed by atoms with van der Waals surface area (Å²) in [6, 6.07) is 11.7. The smallest absolute Gasteiger partial charge is 0.418 e. The van der Waals surface area contributed by atoms with Crippen LogP contribution in [0.25, 0.3) is 0 Å². The van der Waals surface area contributed by atoms with E-state index in [4.69, 9.17) is 5.11 Å². The molecule has 0 bridgehead atoms. The van der Waals surface area contributed by atoms with Gasteiger partial charge in [0.25, 0.3) is 0 Å². The predicted octanol–water partition coefficient (Wildman–Crippen LogP) is 5.43. The summed E-state index contributed by atoms with van der Waals surface area (Å²) in [5.41, 5.74) is 0.408. The van der Waals surface area contributed by atoms with Crippen molar-refractivity contribution in [1.29, 1.82) is 0 Å². The van der Waals surface area contributed by atoms with E-state index in [0.29, 0.717) is 11.3 Å². The second kappa shape index (κ2) is 10.9. The molecule has 0 aliphatic heterocycles. The van der Waals surface area contributed by atoms with Crippen LogP contribution in [-0.4, -0.2) is 29.3 Å². The van der Waals surface area contributed by atoms with Gasteiger partial charge in [-0.15, -0.1) is 0 Å². The van der Waals surface area contributed by atoms with E-state index < -0.39 is 36.3 Å². The molecule has 0 radical (unpaired) electrons. The van der Waals surface area contributed by atoms with Crippen molar-refractivity contribution in [3.63, 3.8) is 0 Å². The van der Waals surface area contributed by atoms with Gasteiger partial charge in [0.05, 0.1) is 11.3 Å². The number of nitrogens with one attached hydrogen (secondary N) is 3. The molecule has 6 nitrogen and oxygen atoms in total. The Morgan fingerprint density at radius 3 is 2.06 bits per heavy atom. The number of benzene rings is 2. The standard InChI is InChI=1S/C15H13F3N2O2.C6H8F3NO/c16-15(17,18)12-3-1-2-4-13(12)20-11-7-5-10(6-8-11)9-19-14(21)22;7-6(8,9)3-5(11)10-4-1-2-4/h1-8,19-20H,9H2,(H,21,22);4H,1-3H2,(H,10,11). The Morgan fingerprint density at radius 2 is 1.55 bits per heavy atom. The lowest BCUT2D eigenvalue weighted by molar-refractivity contribution is -0.153. The van der Waals surface area contributed by atoms with Crippen molar-refractivity contribution in [3.05, 3.63) is 59.7 Å². The number of amides is 2. The van der Waals surface area contributed by atoms with E-state index in [0.717, 1.165) is 18.9 Å². The van der Waals surface area contributed by atoms with Crippen LogP contribution in [0.15, 0.2) is 48.5 Å². The van der Waals surface area contributed by atoms with E-state index in [1.165, 1.54) is 18.2 Å². The fourth-order valence-electron chi connectivity index (χ4n) is 2.57. The third-order valence-corrected chi connectivity index (χ3v) is 4.21. The average molecular weight is 477 g/mol. The van der Waals surface area contributed by atoms with E-state index in [1.807, 2.05) is 0 Å². The van der Waals surface area contributed by atoms with Crippen molar-refractivity contribution < 1.29 is 41.0 Å². The lowest BCUT2D eigenvalue weighted by Gasteiger charge is -2.14. The summed E-state index contributed by atoms with van der Waals surface area (Å²) in [5, 5.41) is 15.7. The number of para-hydroxylation sites is 1. The summed E-state index contributed by atoms with van der Waals surface area (Å²) in [4.78, 5) is 20.9. The van der Waals surface area contributed by atoms with Crippen molar-refractivity contribution in [1.82, 2.24) is 10.6 Å². The average Bonchev–Trinajstić information content (AvgIpc) is 3.50. The quantitative estimate of drug-likeness (QED) is 0.418. The van der Waals surface area contributed by atoms with Gasteiger partial charge >= 0.3 is 18.4 Å². The maximum Gasteiger partial charge on any atom is 0.418 e. The Morgan fingerprint density at radius 1 is 0.939 bits per heavy atom. The lowest BCUT2D eigenvalue weighted by Crippen LogP contribution is -2.29. The highest BCUT2D eigenvalue weighted by atomic mass is 19.4. The molecule has 0 heterocycles. The highest BCUT2D eigenvalue weighted by Crippen LogP contribution is 2.35. The first kappa shape index (κ1) is 25.8. The Balaban J connectivity index is 0.000000294. The number of carbonyl (C=O) groups excluding carboxylic acids is 1. The number of hydrogen-bond acceptors (Lipinski definition) is 3. The minimum Gasteiger partial charge on any atom is -0.465 e. The van der Waals surface area contributed by atoms with Crippen LogP contribution < -0.4 is 16.0 Å². The zero-order valence-electron chi connectivity index (χ0n) is 17.1. The number of alkyl halides is 6. The zero-order valence-corrected chi connectivity index (χ0v) is 17.1. The van der Waals surface area contributed by atoms with E-state index in [-0.39, 0.29) is 18.3 Å². The molecule has 2 aromatic rings. The third-order valence-electron chi connectivity index (χ3n) is 4.21. The predicted molar refractivity (Wildman–Crippen MR) is 108 cm³/mol. The minimum atomic E-state index is -4.44. The van der Waals surface area contributed by atoms with Gasteiger partial charge in [-0.05, 0) is 42.7 Å². The second-order valence-corrected chi connectivity index (χ2v) is 7.16. The van der Waals surface area contributed by atoms with Gasteiger partial charge in [0, 0.05) is 18.3 Å². The van der Waals surface area contributed by atoms with Gasteiger partial charge in [-0.25, -0.2) is 4.79 Å². The molecule has 0 unspecified atom stereocenters. The molecule has 0 atom stereocenters. The van der Waals surface area contributed by atoms with Gasteiger partial charge in [0.1, 0.15) is 6.42 Å². The Hall–Kier alpha value is -3.44. The summed E-state index contributed by atoms with van der Waals surface area (Å²) < 4.78 is 73.2. The normalized spacial score (nSPS) is 13.4. The van der Waals surface area contributed by atoms with E-state index >= 15 is 0 Å². The molecule has 1 aliphatic rings. The number of carbonyl (C=O) groups is 2. The SMILES string of the molecule is O=C(CC(F)(F)F)NC1CC1.O=C(O)NCc1ccc(Nc2ccccc2C(F)(F)F)cc1. The van der Waals surface area contributed by atoms with Crippen LogP contribution in [0.3, 0.4) is 0 Å². The molecule has 2 aromatic carbocycles. The summed E-state index contributed by atoms with van der Waals surface area (Å²) >= 11 is 0. The van der Waals surface area contributed by atoms with Crippen molar-refractivity contribution in [2.45, 2.75) is 44.2 Å². The van der Waals surface area contributed by atoms with Gasteiger partial charge in [0.2, 0.25) is 5.91 Å². The number of rotatable bonds is 6. The van der Waals surface area contributed by atoms with Gasteiger partial charge in [0.15, 0.2) is 0 Å². The van der Waals surface area contributed by atoms with Gasteiger partial charge in [-0.3, -0.25) is 4.79 Å². The minimum absolute atomic E-state index is 0.00449. The molecular formula is C21H21F6N3O3. The summed E-state index contributed by atoms with van der Waals surface area (Å²) in [7, 11) is 0. The second-order valence-electron chi connectivity index (χ2n) is 7.16. The van der Waals surface area contributed by atoms with Crippen molar-refractivity contribution in [2.24, 2.45) is 0 Å². The van der Waals surface area contributed by atoms with Crippen LogP contribution in [0.5, 0.6) is 0 Å². The van der Waals surface area contributed by atoms with Crippen LogP contribution in [0, 0.1) is 0 Å². The van der Waals surface area contributed by atoms with Crippen molar-refractivity contribution in [2.75, 3.05) is 5.32 Å². The Kier molecular flexibility index (Phi) is 8.55. The maximum atomic E-state index is 12.9. The summed E-state index contributed by atoms with van der Waals surface area (Å²) in [6.45, 7) is 0.134. The summed E-state index contributed by atoms with van der Waals surface area (Å²) in [5.74, 6) is -0.917. The molecule has 4 N–H and O–H groups in total. The van der Waals surface area contributed by atoms with E-state index in [2.05, 4.69) is 16.0 Å². The largest absolute Gasteiger partial charge is 0.465 e. The molecule has 1 fully saturated rings. The van der Waals surface area contributed by atoms with Gasteiger partial charge in [-0.1, -0.05) is 24.3 Å².